The molecule has 0 radical (unpaired) electrons. The van der Waals surface area contributed by atoms with Crippen molar-refractivity contribution in [3.63, 3.8) is 0 Å². The summed E-state index contributed by atoms with van der Waals surface area (Å²) in [6.45, 7) is 3.36. The number of nitrogens with zero attached hydrogens (tertiary/aromatic N) is 2. The van der Waals surface area contributed by atoms with Gasteiger partial charge in [0.25, 0.3) is 0 Å². The molecule has 120 valence electrons. The van der Waals surface area contributed by atoms with Crippen molar-refractivity contribution in [2.24, 2.45) is 5.41 Å². The number of halogens is 2. The number of rotatable bonds is 6. The standard InChI is InChI=1S/C14H17ClFN3O2S/c1-13(2,12-11(16)5-10(15)6-18-12)8-19-22(20,21)9-14(7-17)3-4-14/h5-6,19H,3-4,8-9H2,1-2H3. The largest absolute Gasteiger partial charge is 0.256 e. The predicted molar refractivity (Wildman–Crippen MR) is 81.3 cm³/mol. The summed E-state index contributed by atoms with van der Waals surface area (Å²) < 4.78 is 40.5. The molecule has 0 unspecified atom stereocenters. The van der Waals surface area contributed by atoms with E-state index >= 15 is 0 Å². The molecule has 0 atom stereocenters. The van der Waals surface area contributed by atoms with E-state index < -0.39 is 26.7 Å². The van der Waals surface area contributed by atoms with Gasteiger partial charge in [0.05, 0.1) is 28.0 Å². The van der Waals surface area contributed by atoms with Crippen LogP contribution in [0.5, 0.6) is 0 Å². The Bertz CT molecular complexity index is 724. The van der Waals surface area contributed by atoms with Crippen LogP contribution in [0.4, 0.5) is 4.39 Å². The van der Waals surface area contributed by atoms with E-state index in [-0.39, 0.29) is 23.0 Å². The Morgan fingerprint density at radius 1 is 1.55 bits per heavy atom. The Kier molecular flexibility index (Phi) is 4.49. The number of hydrogen-bond acceptors (Lipinski definition) is 4. The molecule has 0 aliphatic heterocycles. The Morgan fingerprint density at radius 2 is 2.18 bits per heavy atom. The van der Waals surface area contributed by atoms with Gasteiger partial charge in [-0.05, 0) is 18.9 Å². The quantitative estimate of drug-likeness (QED) is 0.858. The predicted octanol–water partition coefficient (Wildman–Crippen LogP) is 2.37. The molecule has 1 aliphatic carbocycles. The summed E-state index contributed by atoms with van der Waals surface area (Å²) in [6.07, 6.45) is 2.52. The summed E-state index contributed by atoms with van der Waals surface area (Å²) in [5.41, 5.74) is -1.45. The second-order valence-corrected chi connectivity index (χ2v) is 8.58. The van der Waals surface area contributed by atoms with Crippen molar-refractivity contribution < 1.29 is 12.8 Å². The van der Waals surface area contributed by atoms with E-state index in [0.29, 0.717) is 12.8 Å². The number of sulfonamides is 1. The number of nitriles is 1. The van der Waals surface area contributed by atoms with E-state index in [0.717, 1.165) is 6.07 Å². The highest BCUT2D eigenvalue weighted by atomic mass is 35.5. The van der Waals surface area contributed by atoms with Gasteiger partial charge in [0.15, 0.2) is 0 Å². The van der Waals surface area contributed by atoms with Crippen LogP contribution in [-0.2, 0) is 15.4 Å². The maximum atomic E-state index is 13.9. The lowest BCUT2D eigenvalue weighted by molar-refractivity contribution is 0.454. The van der Waals surface area contributed by atoms with Gasteiger partial charge in [-0.3, -0.25) is 4.98 Å². The lowest BCUT2D eigenvalue weighted by Crippen LogP contribution is -2.40. The fourth-order valence-corrected chi connectivity index (χ4v) is 4.05. The molecule has 1 N–H and O–H groups in total. The number of nitrogens with one attached hydrogen (secondary N) is 1. The fraction of sp³-hybridized carbons (Fsp3) is 0.571. The fourth-order valence-electron chi connectivity index (χ4n) is 2.14. The summed E-state index contributed by atoms with van der Waals surface area (Å²) in [4.78, 5) is 3.96. The highest BCUT2D eigenvalue weighted by Crippen LogP contribution is 2.45. The van der Waals surface area contributed by atoms with Crippen molar-refractivity contribution in [2.45, 2.75) is 32.1 Å². The third-order valence-electron chi connectivity index (χ3n) is 3.74. The highest BCUT2D eigenvalue weighted by Gasteiger charge is 2.47. The van der Waals surface area contributed by atoms with Gasteiger partial charge in [0.2, 0.25) is 10.0 Å². The third kappa shape index (κ3) is 3.94. The van der Waals surface area contributed by atoms with Crippen LogP contribution in [0.2, 0.25) is 5.02 Å². The SMILES string of the molecule is CC(C)(CNS(=O)(=O)CC1(C#N)CC1)c1ncc(Cl)cc1F. The Morgan fingerprint density at radius 3 is 2.68 bits per heavy atom. The lowest BCUT2D eigenvalue weighted by Gasteiger charge is -2.25. The summed E-state index contributed by atoms with van der Waals surface area (Å²) in [6, 6.07) is 3.19. The smallest absolute Gasteiger partial charge is 0.213 e. The molecule has 5 nitrogen and oxygen atoms in total. The highest BCUT2D eigenvalue weighted by molar-refractivity contribution is 7.89. The summed E-state index contributed by atoms with van der Waals surface area (Å²) in [5, 5.41) is 9.16. The van der Waals surface area contributed by atoms with Crippen molar-refractivity contribution in [2.75, 3.05) is 12.3 Å². The Hall–Kier alpha value is -1.23. The zero-order chi connectivity index (χ0) is 16.6. The van der Waals surface area contributed by atoms with E-state index in [1.807, 2.05) is 6.07 Å². The lowest BCUT2D eigenvalue weighted by atomic mass is 9.89. The van der Waals surface area contributed by atoms with Crippen LogP contribution >= 0.6 is 11.6 Å². The van der Waals surface area contributed by atoms with Crippen molar-refractivity contribution in [1.29, 1.82) is 5.26 Å². The Labute approximate surface area is 134 Å². The normalized spacial score (nSPS) is 17.0. The third-order valence-corrected chi connectivity index (χ3v) is 5.46. The summed E-state index contributed by atoms with van der Waals surface area (Å²) in [5.74, 6) is -0.796. The molecule has 0 saturated heterocycles. The molecule has 0 bridgehead atoms. The molecule has 1 fully saturated rings. The number of pyridine rings is 1. The van der Waals surface area contributed by atoms with E-state index in [1.54, 1.807) is 13.8 Å². The first-order valence-electron chi connectivity index (χ1n) is 6.79. The topological polar surface area (TPSA) is 82.9 Å². The van der Waals surface area contributed by atoms with Crippen LogP contribution in [0.25, 0.3) is 0 Å². The first kappa shape index (κ1) is 17.1. The van der Waals surface area contributed by atoms with E-state index in [1.165, 1.54) is 6.20 Å². The average Bonchev–Trinajstić information content (AvgIpc) is 3.16. The van der Waals surface area contributed by atoms with Crippen LogP contribution in [0.1, 0.15) is 32.4 Å². The molecular weight excluding hydrogens is 329 g/mol. The van der Waals surface area contributed by atoms with E-state index in [2.05, 4.69) is 9.71 Å². The molecule has 8 heteroatoms. The molecule has 1 heterocycles. The van der Waals surface area contributed by atoms with Gasteiger partial charge in [-0.15, -0.1) is 0 Å². The van der Waals surface area contributed by atoms with Crippen LogP contribution in [0.15, 0.2) is 12.3 Å². The molecule has 1 saturated carbocycles. The zero-order valence-electron chi connectivity index (χ0n) is 12.4. The van der Waals surface area contributed by atoms with Crippen LogP contribution < -0.4 is 4.72 Å². The van der Waals surface area contributed by atoms with Crippen molar-refractivity contribution in [3.05, 3.63) is 28.8 Å². The number of hydrogen-bond donors (Lipinski definition) is 1. The van der Waals surface area contributed by atoms with Gasteiger partial charge >= 0.3 is 0 Å². The summed E-state index contributed by atoms with van der Waals surface area (Å²) in [7, 11) is -3.60. The average molecular weight is 346 g/mol. The first-order chi connectivity index (χ1) is 10.1. The molecular formula is C14H17ClFN3O2S. The molecule has 1 aliphatic rings. The second-order valence-electron chi connectivity index (χ2n) is 6.34. The van der Waals surface area contributed by atoms with Crippen molar-refractivity contribution in [3.8, 4) is 6.07 Å². The molecule has 1 aromatic rings. The monoisotopic (exact) mass is 345 g/mol. The van der Waals surface area contributed by atoms with Crippen LogP contribution in [-0.4, -0.2) is 25.7 Å². The van der Waals surface area contributed by atoms with Gasteiger partial charge in [-0.1, -0.05) is 25.4 Å². The van der Waals surface area contributed by atoms with Gasteiger partial charge in [-0.25, -0.2) is 17.5 Å². The van der Waals surface area contributed by atoms with E-state index in [4.69, 9.17) is 16.9 Å². The second kappa shape index (κ2) is 5.76. The minimum Gasteiger partial charge on any atom is -0.256 e. The molecule has 2 rings (SSSR count). The van der Waals surface area contributed by atoms with Crippen LogP contribution in [0, 0.1) is 22.6 Å². The minimum atomic E-state index is -3.60. The maximum absolute atomic E-state index is 13.9. The van der Waals surface area contributed by atoms with Crippen LogP contribution in [0.3, 0.4) is 0 Å². The molecule has 22 heavy (non-hydrogen) atoms. The molecule has 0 aromatic carbocycles. The minimum absolute atomic E-state index is 0.0115. The maximum Gasteiger partial charge on any atom is 0.213 e. The Balaban J connectivity index is 2.07. The van der Waals surface area contributed by atoms with Gasteiger partial charge in [0, 0.05) is 18.2 Å². The van der Waals surface area contributed by atoms with Gasteiger partial charge in [-0.2, -0.15) is 5.26 Å². The van der Waals surface area contributed by atoms with Crippen molar-refractivity contribution >= 4 is 21.6 Å². The first-order valence-corrected chi connectivity index (χ1v) is 8.82. The van der Waals surface area contributed by atoms with E-state index in [9.17, 15) is 12.8 Å². The van der Waals surface area contributed by atoms with Gasteiger partial charge in [0.1, 0.15) is 5.82 Å². The van der Waals surface area contributed by atoms with Crippen molar-refractivity contribution in [1.82, 2.24) is 9.71 Å². The number of aromatic nitrogens is 1. The molecule has 0 spiro atoms. The molecule has 0 amide bonds. The zero-order valence-corrected chi connectivity index (χ0v) is 13.9. The molecule has 1 aromatic heterocycles. The summed E-state index contributed by atoms with van der Waals surface area (Å²) >= 11 is 5.67. The van der Waals surface area contributed by atoms with Gasteiger partial charge < -0.3 is 0 Å².